The van der Waals surface area contributed by atoms with Crippen molar-refractivity contribution in [2.45, 2.75) is 27.3 Å². The SMILES string of the molecule is Cc1cc(C)c2c(Cn3cc[n+](C)c3C)cc(=O)oc2c1.[Cl-]. The summed E-state index contributed by atoms with van der Waals surface area (Å²) in [5.41, 5.74) is 3.61. The highest BCUT2D eigenvalue weighted by Crippen LogP contribution is 2.23. The lowest BCUT2D eigenvalue weighted by atomic mass is 10.0. The normalized spacial score (nSPS) is 10.7. The van der Waals surface area contributed by atoms with E-state index in [1.807, 2.05) is 32.4 Å². The molecule has 22 heavy (non-hydrogen) atoms. The fourth-order valence-electron chi connectivity index (χ4n) is 2.85. The van der Waals surface area contributed by atoms with E-state index in [0.29, 0.717) is 12.1 Å². The van der Waals surface area contributed by atoms with E-state index in [9.17, 15) is 4.79 Å². The average Bonchev–Trinajstić information content (AvgIpc) is 2.69. The molecule has 2 aromatic heterocycles. The maximum Gasteiger partial charge on any atom is 0.336 e. The number of nitrogens with zero attached hydrogens (tertiary/aromatic N) is 2. The number of fused-ring (bicyclic) bond motifs is 1. The van der Waals surface area contributed by atoms with E-state index in [0.717, 1.165) is 27.9 Å². The molecule has 3 rings (SSSR count). The lowest BCUT2D eigenvalue weighted by molar-refractivity contribution is -0.677. The number of rotatable bonds is 2. The lowest BCUT2D eigenvalue weighted by Crippen LogP contribution is -3.00. The monoisotopic (exact) mass is 318 g/mol. The van der Waals surface area contributed by atoms with Crippen molar-refractivity contribution in [3.05, 3.63) is 63.5 Å². The predicted octanol–water partition coefficient (Wildman–Crippen LogP) is -0.603. The van der Waals surface area contributed by atoms with E-state index in [1.54, 1.807) is 6.07 Å². The minimum Gasteiger partial charge on any atom is -1.00 e. The van der Waals surface area contributed by atoms with Crippen LogP contribution in [-0.4, -0.2) is 4.57 Å². The summed E-state index contributed by atoms with van der Waals surface area (Å²) < 4.78 is 9.56. The van der Waals surface area contributed by atoms with Crippen molar-refractivity contribution in [2.24, 2.45) is 7.05 Å². The molecule has 0 fully saturated rings. The smallest absolute Gasteiger partial charge is 0.336 e. The van der Waals surface area contributed by atoms with Crippen LogP contribution in [0.5, 0.6) is 0 Å². The summed E-state index contributed by atoms with van der Waals surface area (Å²) in [5, 5.41) is 1.04. The summed E-state index contributed by atoms with van der Waals surface area (Å²) in [7, 11) is 2.01. The fourth-order valence-corrected chi connectivity index (χ4v) is 2.85. The summed E-state index contributed by atoms with van der Waals surface area (Å²) in [6.45, 7) is 6.79. The van der Waals surface area contributed by atoms with Crippen molar-refractivity contribution < 1.29 is 21.4 Å². The highest BCUT2D eigenvalue weighted by molar-refractivity contribution is 5.84. The molecule has 1 aromatic carbocycles. The van der Waals surface area contributed by atoms with Crippen LogP contribution in [0.4, 0.5) is 0 Å². The maximum atomic E-state index is 11.8. The van der Waals surface area contributed by atoms with Gasteiger partial charge in [0.1, 0.15) is 24.5 Å². The molecule has 4 nitrogen and oxygen atoms in total. The molecule has 0 atom stereocenters. The summed E-state index contributed by atoms with van der Waals surface area (Å²) in [5.74, 6) is 1.14. The summed E-state index contributed by atoms with van der Waals surface area (Å²) in [6.07, 6.45) is 4.04. The summed E-state index contributed by atoms with van der Waals surface area (Å²) in [4.78, 5) is 11.8. The quantitative estimate of drug-likeness (QED) is 0.467. The van der Waals surface area contributed by atoms with Crippen molar-refractivity contribution in [2.75, 3.05) is 0 Å². The Balaban J connectivity index is 0.00000176. The van der Waals surface area contributed by atoms with Crippen LogP contribution < -0.4 is 22.6 Å². The van der Waals surface area contributed by atoms with Gasteiger partial charge in [0.25, 0.3) is 5.82 Å². The molecule has 0 saturated heterocycles. The van der Waals surface area contributed by atoms with Crippen LogP contribution in [-0.2, 0) is 13.6 Å². The molecule has 2 heterocycles. The van der Waals surface area contributed by atoms with Gasteiger partial charge < -0.3 is 16.8 Å². The van der Waals surface area contributed by atoms with E-state index < -0.39 is 0 Å². The second kappa shape index (κ2) is 5.97. The number of halogens is 1. The molecule has 5 heteroatoms. The van der Waals surface area contributed by atoms with Gasteiger partial charge in [-0.25, -0.2) is 13.9 Å². The van der Waals surface area contributed by atoms with Gasteiger partial charge in [0, 0.05) is 23.9 Å². The van der Waals surface area contributed by atoms with Crippen LogP contribution in [0.25, 0.3) is 11.0 Å². The largest absolute Gasteiger partial charge is 1.00 e. The van der Waals surface area contributed by atoms with Gasteiger partial charge in [-0.3, -0.25) is 0 Å². The highest BCUT2D eigenvalue weighted by Gasteiger charge is 2.14. The molecule has 0 N–H and O–H groups in total. The van der Waals surface area contributed by atoms with Crippen LogP contribution in [0, 0.1) is 20.8 Å². The predicted molar refractivity (Wildman–Crippen MR) is 81.4 cm³/mol. The Morgan fingerprint density at radius 3 is 2.55 bits per heavy atom. The van der Waals surface area contributed by atoms with E-state index >= 15 is 0 Å². The molecule has 0 amide bonds. The number of benzene rings is 1. The van der Waals surface area contributed by atoms with Crippen LogP contribution in [0.2, 0.25) is 0 Å². The first-order valence-corrected chi connectivity index (χ1v) is 7.01. The molecule has 3 aromatic rings. The zero-order valence-corrected chi connectivity index (χ0v) is 13.9. The topological polar surface area (TPSA) is 39.0 Å². The highest BCUT2D eigenvalue weighted by atomic mass is 35.5. The molecular formula is C17H19ClN2O2. The minimum atomic E-state index is -0.295. The van der Waals surface area contributed by atoms with Crippen molar-refractivity contribution in [3.63, 3.8) is 0 Å². The van der Waals surface area contributed by atoms with Crippen molar-refractivity contribution in [3.8, 4) is 0 Å². The van der Waals surface area contributed by atoms with Gasteiger partial charge in [-0.2, -0.15) is 0 Å². The van der Waals surface area contributed by atoms with Gasteiger partial charge in [-0.1, -0.05) is 6.07 Å². The Hall–Kier alpha value is -2.07. The summed E-state index contributed by atoms with van der Waals surface area (Å²) in [6, 6.07) is 5.65. The maximum absolute atomic E-state index is 11.8. The van der Waals surface area contributed by atoms with Crippen LogP contribution in [0.3, 0.4) is 0 Å². The Morgan fingerprint density at radius 2 is 1.91 bits per heavy atom. The number of aromatic nitrogens is 2. The zero-order valence-electron chi connectivity index (χ0n) is 13.2. The standard InChI is InChI=1S/C17H19N2O2.ClH/c1-11-7-12(2)17-14(9-16(20)21-15(17)8-11)10-19-6-5-18(4)13(19)3;/h5-9H,10H2,1-4H3;1H/q+1;/p-1. The Bertz CT molecular complexity index is 894. The van der Waals surface area contributed by atoms with Crippen molar-refractivity contribution in [1.82, 2.24) is 4.57 Å². The van der Waals surface area contributed by atoms with Gasteiger partial charge >= 0.3 is 5.63 Å². The first-order chi connectivity index (χ1) is 9.95. The fraction of sp³-hybridized carbons (Fsp3) is 0.294. The molecule has 0 aliphatic carbocycles. The van der Waals surface area contributed by atoms with Gasteiger partial charge in [0.05, 0.1) is 7.05 Å². The number of hydrogen-bond donors (Lipinski definition) is 0. The lowest BCUT2D eigenvalue weighted by Gasteiger charge is -2.08. The number of imidazole rings is 1. The Morgan fingerprint density at radius 1 is 1.18 bits per heavy atom. The van der Waals surface area contributed by atoms with Crippen LogP contribution in [0.15, 0.2) is 39.8 Å². The van der Waals surface area contributed by atoms with E-state index in [1.165, 1.54) is 0 Å². The van der Waals surface area contributed by atoms with Crippen LogP contribution >= 0.6 is 0 Å². The van der Waals surface area contributed by atoms with Gasteiger partial charge in [-0.05, 0) is 31.0 Å². The van der Waals surface area contributed by atoms with E-state index in [4.69, 9.17) is 4.42 Å². The molecule has 0 bridgehead atoms. The third-order valence-corrected chi connectivity index (χ3v) is 4.00. The molecular weight excluding hydrogens is 300 g/mol. The van der Waals surface area contributed by atoms with Crippen molar-refractivity contribution in [1.29, 1.82) is 0 Å². The van der Waals surface area contributed by atoms with Crippen molar-refractivity contribution >= 4 is 11.0 Å². The minimum absolute atomic E-state index is 0. The number of aryl methyl sites for hydroxylation is 3. The molecule has 0 saturated carbocycles. The van der Waals surface area contributed by atoms with Gasteiger partial charge in [0.15, 0.2) is 0 Å². The summed E-state index contributed by atoms with van der Waals surface area (Å²) >= 11 is 0. The Kier molecular flexibility index (Phi) is 4.42. The second-order valence-corrected chi connectivity index (χ2v) is 5.63. The second-order valence-electron chi connectivity index (χ2n) is 5.63. The number of hydrogen-bond acceptors (Lipinski definition) is 2. The molecule has 0 unspecified atom stereocenters. The molecule has 0 aliphatic heterocycles. The third kappa shape index (κ3) is 2.79. The zero-order chi connectivity index (χ0) is 15.1. The molecule has 0 aliphatic rings. The van der Waals surface area contributed by atoms with Gasteiger partial charge in [0.2, 0.25) is 0 Å². The molecule has 0 spiro atoms. The Labute approximate surface area is 135 Å². The third-order valence-electron chi connectivity index (χ3n) is 4.00. The molecule has 116 valence electrons. The first kappa shape index (κ1) is 16.3. The first-order valence-electron chi connectivity index (χ1n) is 7.01. The molecule has 0 radical (unpaired) electrons. The van der Waals surface area contributed by atoms with E-state index in [2.05, 4.69) is 29.0 Å². The van der Waals surface area contributed by atoms with Crippen LogP contribution in [0.1, 0.15) is 22.5 Å². The average molecular weight is 319 g/mol. The van der Waals surface area contributed by atoms with E-state index in [-0.39, 0.29) is 18.0 Å². The van der Waals surface area contributed by atoms with Gasteiger partial charge in [-0.15, -0.1) is 0 Å².